The van der Waals surface area contributed by atoms with E-state index in [0.717, 1.165) is 5.56 Å². The van der Waals surface area contributed by atoms with Gasteiger partial charge in [-0.05, 0) is 23.1 Å². The lowest BCUT2D eigenvalue weighted by molar-refractivity contribution is -0.138. The summed E-state index contributed by atoms with van der Waals surface area (Å²) >= 11 is 0. The van der Waals surface area contributed by atoms with Crippen LogP contribution in [0, 0.1) is 5.92 Å². The lowest BCUT2D eigenvalue weighted by Gasteiger charge is -2.19. The SMILES string of the molecule is CC(C)(C)c1ccc(C(=O)NCC(CO)CC(=O)O)cc1. The number of benzene rings is 1. The van der Waals surface area contributed by atoms with E-state index in [1.807, 2.05) is 12.1 Å². The second-order valence-corrected chi connectivity index (χ2v) is 6.18. The van der Waals surface area contributed by atoms with Crippen LogP contribution in [0.4, 0.5) is 0 Å². The molecule has 0 saturated carbocycles. The molecule has 0 radical (unpaired) electrons. The van der Waals surface area contributed by atoms with Gasteiger partial charge in [-0.15, -0.1) is 0 Å². The summed E-state index contributed by atoms with van der Waals surface area (Å²) in [7, 11) is 0. The van der Waals surface area contributed by atoms with E-state index in [1.54, 1.807) is 12.1 Å². The lowest BCUT2D eigenvalue weighted by atomic mass is 9.86. The van der Waals surface area contributed by atoms with Crippen molar-refractivity contribution in [2.24, 2.45) is 5.92 Å². The standard InChI is InChI=1S/C16H23NO4/c1-16(2,3)13-6-4-12(5-7-13)15(21)17-9-11(10-18)8-14(19)20/h4-7,11,18H,8-10H2,1-3H3,(H,17,21)(H,19,20). The minimum absolute atomic E-state index is 0.0263. The maximum atomic E-state index is 12.0. The molecule has 1 atom stereocenters. The van der Waals surface area contributed by atoms with Gasteiger partial charge in [0.25, 0.3) is 5.91 Å². The number of nitrogens with one attached hydrogen (secondary N) is 1. The van der Waals surface area contributed by atoms with Gasteiger partial charge in [-0.25, -0.2) is 0 Å². The normalized spacial score (nSPS) is 12.8. The summed E-state index contributed by atoms with van der Waals surface area (Å²) in [6.07, 6.45) is -0.167. The number of carbonyl (C=O) groups excluding carboxylic acids is 1. The zero-order valence-corrected chi connectivity index (χ0v) is 12.7. The van der Waals surface area contributed by atoms with E-state index in [0.29, 0.717) is 5.56 Å². The number of aliphatic carboxylic acids is 1. The number of carboxylic acids is 1. The van der Waals surface area contributed by atoms with E-state index in [-0.39, 0.29) is 30.9 Å². The van der Waals surface area contributed by atoms with Crippen LogP contribution in [0.5, 0.6) is 0 Å². The number of aliphatic hydroxyl groups is 1. The van der Waals surface area contributed by atoms with E-state index >= 15 is 0 Å². The van der Waals surface area contributed by atoms with Crippen LogP contribution < -0.4 is 5.32 Å². The van der Waals surface area contributed by atoms with Crippen molar-refractivity contribution in [3.63, 3.8) is 0 Å². The molecule has 21 heavy (non-hydrogen) atoms. The van der Waals surface area contributed by atoms with Crippen LogP contribution >= 0.6 is 0 Å². The summed E-state index contributed by atoms with van der Waals surface area (Å²) < 4.78 is 0. The number of rotatable bonds is 6. The molecule has 0 aliphatic rings. The van der Waals surface area contributed by atoms with Gasteiger partial charge in [0.2, 0.25) is 0 Å². The molecule has 0 aliphatic carbocycles. The molecule has 1 rings (SSSR count). The zero-order valence-electron chi connectivity index (χ0n) is 12.7. The fourth-order valence-corrected chi connectivity index (χ4v) is 1.91. The third-order valence-corrected chi connectivity index (χ3v) is 3.29. The van der Waals surface area contributed by atoms with E-state index in [4.69, 9.17) is 10.2 Å². The van der Waals surface area contributed by atoms with Crippen molar-refractivity contribution < 1.29 is 19.8 Å². The van der Waals surface area contributed by atoms with Crippen molar-refractivity contribution in [3.05, 3.63) is 35.4 Å². The van der Waals surface area contributed by atoms with Crippen molar-refractivity contribution in [1.82, 2.24) is 5.32 Å². The Hall–Kier alpha value is -1.88. The van der Waals surface area contributed by atoms with Crippen molar-refractivity contribution in [1.29, 1.82) is 0 Å². The first-order valence-corrected chi connectivity index (χ1v) is 6.95. The predicted octanol–water partition coefficient (Wildman–Crippen LogP) is 1.80. The highest BCUT2D eigenvalue weighted by Crippen LogP contribution is 2.22. The predicted molar refractivity (Wildman–Crippen MR) is 80.3 cm³/mol. The fraction of sp³-hybridized carbons (Fsp3) is 0.500. The van der Waals surface area contributed by atoms with Crippen LogP contribution in [-0.4, -0.2) is 35.2 Å². The number of carbonyl (C=O) groups is 2. The highest BCUT2D eigenvalue weighted by Gasteiger charge is 2.16. The molecule has 0 heterocycles. The minimum atomic E-state index is -0.988. The van der Waals surface area contributed by atoms with Gasteiger partial charge in [-0.2, -0.15) is 0 Å². The van der Waals surface area contributed by atoms with Gasteiger partial charge in [-0.3, -0.25) is 9.59 Å². The number of carboxylic acid groups (broad SMARTS) is 1. The van der Waals surface area contributed by atoms with Crippen molar-refractivity contribution >= 4 is 11.9 Å². The van der Waals surface area contributed by atoms with E-state index in [9.17, 15) is 9.59 Å². The Kier molecular flexibility index (Phi) is 5.90. The number of aliphatic hydroxyl groups excluding tert-OH is 1. The molecule has 1 unspecified atom stereocenters. The summed E-state index contributed by atoms with van der Waals surface area (Å²) in [5, 5.41) is 20.4. The lowest BCUT2D eigenvalue weighted by Crippen LogP contribution is -2.32. The Balaban J connectivity index is 2.61. The second-order valence-electron chi connectivity index (χ2n) is 6.18. The first-order valence-electron chi connectivity index (χ1n) is 6.95. The van der Waals surface area contributed by atoms with Gasteiger partial charge in [0.15, 0.2) is 0 Å². The Morgan fingerprint density at radius 3 is 2.19 bits per heavy atom. The molecule has 5 heteroatoms. The van der Waals surface area contributed by atoms with Gasteiger partial charge in [0, 0.05) is 24.6 Å². The first kappa shape index (κ1) is 17.2. The molecule has 116 valence electrons. The monoisotopic (exact) mass is 293 g/mol. The Morgan fingerprint density at radius 1 is 1.19 bits per heavy atom. The highest BCUT2D eigenvalue weighted by molar-refractivity contribution is 5.94. The van der Waals surface area contributed by atoms with E-state index in [2.05, 4.69) is 26.1 Å². The Bertz CT molecular complexity index is 488. The van der Waals surface area contributed by atoms with Gasteiger partial charge in [0.05, 0.1) is 6.42 Å². The largest absolute Gasteiger partial charge is 0.481 e. The molecule has 1 aromatic rings. The maximum absolute atomic E-state index is 12.0. The third kappa shape index (κ3) is 5.55. The zero-order chi connectivity index (χ0) is 16.0. The highest BCUT2D eigenvalue weighted by atomic mass is 16.4. The summed E-state index contributed by atoms with van der Waals surface area (Å²) in [5.74, 6) is -1.72. The first-order chi connectivity index (χ1) is 9.74. The van der Waals surface area contributed by atoms with E-state index in [1.165, 1.54) is 0 Å². The molecule has 0 bridgehead atoms. The molecule has 0 aromatic heterocycles. The molecular weight excluding hydrogens is 270 g/mol. The van der Waals surface area contributed by atoms with Crippen LogP contribution in [-0.2, 0) is 10.2 Å². The molecule has 0 aliphatic heterocycles. The number of hydrogen-bond donors (Lipinski definition) is 3. The van der Waals surface area contributed by atoms with Crippen molar-refractivity contribution in [3.8, 4) is 0 Å². The number of amides is 1. The molecule has 5 nitrogen and oxygen atoms in total. The van der Waals surface area contributed by atoms with Gasteiger partial charge in [0.1, 0.15) is 0 Å². The average Bonchev–Trinajstić information content (AvgIpc) is 2.41. The molecule has 1 amide bonds. The fourth-order valence-electron chi connectivity index (χ4n) is 1.91. The van der Waals surface area contributed by atoms with Gasteiger partial charge < -0.3 is 15.5 Å². The molecule has 1 aromatic carbocycles. The second kappa shape index (κ2) is 7.22. The van der Waals surface area contributed by atoms with Crippen LogP contribution in [0.3, 0.4) is 0 Å². The molecular formula is C16H23NO4. The van der Waals surface area contributed by atoms with Crippen molar-refractivity contribution in [2.75, 3.05) is 13.2 Å². The minimum Gasteiger partial charge on any atom is -0.481 e. The van der Waals surface area contributed by atoms with Crippen LogP contribution in [0.1, 0.15) is 43.1 Å². The average molecular weight is 293 g/mol. The van der Waals surface area contributed by atoms with Gasteiger partial charge in [-0.1, -0.05) is 32.9 Å². The van der Waals surface area contributed by atoms with Crippen molar-refractivity contribution in [2.45, 2.75) is 32.6 Å². The van der Waals surface area contributed by atoms with E-state index < -0.39 is 11.9 Å². The third-order valence-electron chi connectivity index (χ3n) is 3.29. The quantitative estimate of drug-likeness (QED) is 0.746. The molecule has 0 fully saturated rings. The smallest absolute Gasteiger partial charge is 0.303 e. The van der Waals surface area contributed by atoms with Crippen LogP contribution in [0.25, 0.3) is 0 Å². The number of hydrogen-bond acceptors (Lipinski definition) is 3. The Labute approximate surface area is 125 Å². The molecule has 0 spiro atoms. The van der Waals surface area contributed by atoms with Crippen LogP contribution in [0.2, 0.25) is 0 Å². The summed E-state index contributed by atoms with van der Waals surface area (Å²) in [4.78, 5) is 22.6. The molecule has 3 N–H and O–H groups in total. The maximum Gasteiger partial charge on any atom is 0.303 e. The van der Waals surface area contributed by atoms with Gasteiger partial charge >= 0.3 is 5.97 Å². The topological polar surface area (TPSA) is 86.6 Å². The Morgan fingerprint density at radius 2 is 1.76 bits per heavy atom. The molecule has 0 saturated heterocycles. The summed E-state index contributed by atoms with van der Waals surface area (Å²) in [6.45, 7) is 6.16. The summed E-state index contributed by atoms with van der Waals surface area (Å²) in [5.41, 5.74) is 1.69. The summed E-state index contributed by atoms with van der Waals surface area (Å²) in [6, 6.07) is 7.33. The van der Waals surface area contributed by atoms with Crippen LogP contribution in [0.15, 0.2) is 24.3 Å².